The number of amides is 3. The van der Waals surface area contributed by atoms with Crippen molar-refractivity contribution in [2.45, 2.75) is 0 Å². The molecule has 3 N–H and O–H groups in total. The first-order chi connectivity index (χ1) is 12.5. The molecule has 0 radical (unpaired) electrons. The van der Waals surface area contributed by atoms with Gasteiger partial charge in [0.25, 0.3) is 11.8 Å². The summed E-state index contributed by atoms with van der Waals surface area (Å²) < 4.78 is 6.95. The van der Waals surface area contributed by atoms with Gasteiger partial charge in [-0.15, -0.1) is 0 Å². The highest BCUT2D eigenvalue weighted by Gasteiger charge is 2.16. The van der Waals surface area contributed by atoms with Gasteiger partial charge in [0.05, 0.1) is 18.3 Å². The van der Waals surface area contributed by atoms with E-state index in [1.54, 1.807) is 54.3 Å². The summed E-state index contributed by atoms with van der Waals surface area (Å²) in [5.74, 6) is -1.03. The van der Waals surface area contributed by atoms with Crippen LogP contribution in [0.25, 0.3) is 11.1 Å². The Morgan fingerprint density at radius 2 is 1.92 bits per heavy atom. The van der Waals surface area contributed by atoms with Crippen LogP contribution in [-0.2, 0) is 11.8 Å². The van der Waals surface area contributed by atoms with E-state index >= 15 is 0 Å². The Bertz CT molecular complexity index is 986. The van der Waals surface area contributed by atoms with Gasteiger partial charge >= 0.3 is 0 Å². The van der Waals surface area contributed by atoms with Gasteiger partial charge in [-0.2, -0.15) is 0 Å². The van der Waals surface area contributed by atoms with Gasteiger partial charge in [0.15, 0.2) is 5.58 Å². The number of benzene rings is 1. The third-order valence-corrected chi connectivity index (χ3v) is 3.94. The molecule has 0 aliphatic carbocycles. The lowest BCUT2D eigenvalue weighted by Gasteiger charge is -2.09. The van der Waals surface area contributed by atoms with Crippen molar-refractivity contribution in [2.24, 2.45) is 7.05 Å². The summed E-state index contributed by atoms with van der Waals surface area (Å²) in [6.07, 6.45) is 1.55. The van der Waals surface area contributed by atoms with Crippen LogP contribution >= 0.6 is 0 Å². The minimum absolute atomic E-state index is 0.199. The minimum Gasteiger partial charge on any atom is -0.463 e. The molecule has 0 saturated carbocycles. The molecule has 0 atom stereocenters. The molecule has 0 unspecified atom stereocenters. The first kappa shape index (κ1) is 17.3. The Hall–Kier alpha value is -3.55. The molecule has 2 heterocycles. The molecule has 0 bridgehead atoms. The van der Waals surface area contributed by atoms with Crippen LogP contribution in [0.4, 0.5) is 5.69 Å². The summed E-state index contributed by atoms with van der Waals surface area (Å²) in [5, 5.41) is 7.73. The van der Waals surface area contributed by atoms with Gasteiger partial charge in [-0.1, -0.05) is 6.07 Å². The molecular weight excluding hydrogens is 336 g/mol. The molecule has 0 spiro atoms. The first-order valence-electron chi connectivity index (χ1n) is 7.92. The summed E-state index contributed by atoms with van der Waals surface area (Å²) in [7, 11) is 3.28. The molecule has 2 aromatic heterocycles. The summed E-state index contributed by atoms with van der Waals surface area (Å²) in [6.45, 7) is -0.199. The van der Waals surface area contributed by atoms with Crippen molar-refractivity contribution in [1.29, 1.82) is 0 Å². The Kier molecular flexibility index (Phi) is 4.74. The standard InChI is InChI=1S/C18H18N4O4/c1-19-17(24)11-4-3-5-12(8-11)21-16(23)10-20-18(25)14-9-15-13(22(14)2)6-7-26-15/h3-9H,10H2,1-2H3,(H,19,24)(H,20,25)(H,21,23). The summed E-state index contributed by atoms with van der Waals surface area (Å²) in [6, 6.07) is 9.91. The van der Waals surface area contributed by atoms with Crippen LogP contribution in [0.1, 0.15) is 20.8 Å². The van der Waals surface area contributed by atoms with Crippen molar-refractivity contribution in [3.05, 3.63) is 53.9 Å². The topological polar surface area (TPSA) is 105 Å². The first-order valence-corrected chi connectivity index (χ1v) is 7.92. The van der Waals surface area contributed by atoms with E-state index in [1.165, 1.54) is 7.05 Å². The monoisotopic (exact) mass is 354 g/mol. The number of fused-ring (bicyclic) bond motifs is 1. The number of aromatic nitrogens is 1. The number of anilines is 1. The maximum Gasteiger partial charge on any atom is 0.268 e. The molecular formula is C18H18N4O4. The molecule has 3 amide bonds. The van der Waals surface area contributed by atoms with E-state index in [-0.39, 0.29) is 18.4 Å². The van der Waals surface area contributed by atoms with Crippen LogP contribution < -0.4 is 16.0 Å². The van der Waals surface area contributed by atoms with Gasteiger partial charge in [0, 0.05) is 37.5 Å². The van der Waals surface area contributed by atoms with Gasteiger partial charge in [0.2, 0.25) is 5.91 Å². The third kappa shape index (κ3) is 3.44. The predicted molar refractivity (Wildman–Crippen MR) is 96.0 cm³/mol. The molecule has 1 aromatic carbocycles. The largest absolute Gasteiger partial charge is 0.463 e. The molecule has 0 saturated heterocycles. The molecule has 0 fully saturated rings. The molecule has 0 aliphatic rings. The second kappa shape index (κ2) is 7.14. The second-order valence-electron chi connectivity index (χ2n) is 5.65. The van der Waals surface area contributed by atoms with Crippen LogP contribution in [0.2, 0.25) is 0 Å². The average Bonchev–Trinajstić information content (AvgIpc) is 3.22. The molecule has 3 aromatic rings. The fraction of sp³-hybridized carbons (Fsp3) is 0.167. The van der Waals surface area contributed by atoms with Crippen molar-refractivity contribution < 1.29 is 18.8 Å². The number of nitrogens with zero attached hydrogens (tertiary/aromatic N) is 1. The van der Waals surface area contributed by atoms with Gasteiger partial charge in [-0.25, -0.2) is 0 Å². The lowest BCUT2D eigenvalue weighted by Crippen LogP contribution is -2.33. The van der Waals surface area contributed by atoms with E-state index in [9.17, 15) is 14.4 Å². The van der Waals surface area contributed by atoms with Crippen molar-refractivity contribution in [1.82, 2.24) is 15.2 Å². The maximum absolute atomic E-state index is 12.3. The fourth-order valence-electron chi connectivity index (χ4n) is 2.61. The Morgan fingerprint density at radius 3 is 2.65 bits per heavy atom. The molecule has 8 nitrogen and oxygen atoms in total. The normalized spacial score (nSPS) is 10.5. The highest BCUT2D eigenvalue weighted by atomic mass is 16.3. The maximum atomic E-state index is 12.3. The predicted octanol–water partition coefficient (Wildman–Crippen LogP) is 1.50. The van der Waals surface area contributed by atoms with E-state index in [0.717, 1.165) is 5.52 Å². The van der Waals surface area contributed by atoms with E-state index in [2.05, 4.69) is 16.0 Å². The van der Waals surface area contributed by atoms with Crippen molar-refractivity contribution in [3.63, 3.8) is 0 Å². The number of carbonyl (C=O) groups excluding carboxylic acids is 3. The quantitative estimate of drug-likeness (QED) is 0.646. The third-order valence-electron chi connectivity index (χ3n) is 3.94. The number of aryl methyl sites for hydroxylation is 1. The number of furan rings is 1. The zero-order valence-corrected chi connectivity index (χ0v) is 14.3. The zero-order valence-electron chi connectivity index (χ0n) is 14.3. The molecule has 0 aliphatic heterocycles. The van der Waals surface area contributed by atoms with Crippen molar-refractivity contribution in [3.8, 4) is 0 Å². The zero-order chi connectivity index (χ0) is 18.7. The highest BCUT2D eigenvalue weighted by molar-refractivity contribution is 6.01. The van der Waals surface area contributed by atoms with Crippen LogP contribution in [-0.4, -0.2) is 35.9 Å². The van der Waals surface area contributed by atoms with E-state index in [0.29, 0.717) is 22.5 Å². The van der Waals surface area contributed by atoms with Crippen LogP contribution in [0, 0.1) is 0 Å². The number of nitrogens with one attached hydrogen (secondary N) is 3. The van der Waals surface area contributed by atoms with Gasteiger partial charge in [0.1, 0.15) is 5.69 Å². The fourth-order valence-corrected chi connectivity index (χ4v) is 2.61. The highest BCUT2D eigenvalue weighted by Crippen LogP contribution is 2.19. The summed E-state index contributed by atoms with van der Waals surface area (Å²) in [5.41, 5.74) is 2.70. The second-order valence-corrected chi connectivity index (χ2v) is 5.65. The summed E-state index contributed by atoms with van der Waals surface area (Å²) in [4.78, 5) is 35.9. The Labute approximate surface area is 149 Å². The number of hydrogen-bond donors (Lipinski definition) is 3. The Balaban J connectivity index is 1.60. The average molecular weight is 354 g/mol. The van der Waals surface area contributed by atoms with Crippen molar-refractivity contribution >= 4 is 34.5 Å². The Morgan fingerprint density at radius 1 is 1.12 bits per heavy atom. The molecule has 134 valence electrons. The molecule has 3 rings (SSSR count). The molecule has 8 heteroatoms. The van der Waals surface area contributed by atoms with Crippen LogP contribution in [0.3, 0.4) is 0 Å². The van der Waals surface area contributed by atoms with Gasteiger partial charge < -0.3 is 24.9 Å². The van der Waals surface area contributed by atoms with E-state index in [4.69, 9.17) is 4.42 Å². The van der Waals surface area contributed by atoms with Crippen LogP contribution in [0.5, 0.6) is 0 Å². The van der Waals surface area contributed by atoms with Gasteiger partial charge in [-0.05, 0) is 18.2 Å². The number of rotatable bonds is 5. The number of hydrogen-bond acceptors (Lipinski definition) is 4. The lowest BCUT2D eigenvalue weighted by atomic mass is 10.2. The van der Waals surface area contributed by atoms with Crippen LogP contribution in [0.15, 0.2) is 47.1 Å². The smallest absolute Gasteiger partial charge is 0.268 e. The van der Waals surface area contributed by atoms with Crippen molar-refractivity contribution in [2.75, 3.05) is 18.9 Å². The lowest BCUT2D eigenvalue weighted by molar-refractivity contribution is -0.115. The molecule has 26 heavy (non-hydrogen) atoms. The number of carbonyl (C=O) groups is 3. The van der Waals surface area contributed by atoms with E-state index < -0.39 is 5.91 Å². The SMILES string of the molecule is CNC(=O)c1cccc(NC(=O)CNC(=O)c2cc3occc3n2C)c1. The van der Waals surface area contributed by atoms with E-state index in [1.807, 2.05) is 0 Å². The minimum atomic E-state index is -0.398. The summed E-state index contributed by atoms with van der Waals surface area (Å²) >= 11 is 0. The van der Waals surface area contributed by atoms with Gasteiger partial charge in [-0.3, -0.25) is 14.4 Å².